The van der Waals surface area contributed by atoms with Gasteiger partial charge in [-0.25, -0.2) is 5.84 Å². The topological polar surface area (TPSA) is 60.2 Å². The van der Waals surface area contributed by atoms with Crippen molar-refractivity contribution in [3.63, 3.8) is 0 Å². The normalized spacial score (nSPS) is 11.3. The van der Waals surface area contributed by atoms with Gasteiger partial charge in [0.05, 0.1) is 5.56 Å². The lowest BCUT2D eigenvalue weighted by Gasteiger charge is -2.13. The molecule has 1 heterocycles. The first kappa shape index (κ1) is 15.1. The molecule has 0 aliphatic heterocycles. The Morgan fingerprint density at radius 2 is 1.86 bits per heavy atom. The minimum Gasteiger partial charge on any atom is -0.439 e. The number of nitrogens with two attached hydrogens (primary N) is 1. The van der Waals surface area contributed by atoms with Crippen molar-refractivity contribution >= 4 is 5.82 Å². The Hall–Kier alpha value is -2.28. The molecule has 0 saturated carbocycles. The number of pyridine rings is 1. The zero-order chi connectivity index (χ0) is 15.6. The molecule has 0 atom stereocenters. The zero-order valence-corrected chi connectivity index (χ0v) is 11.5. The summed E-state index contributed by atoms with van der Waals surface area (Å²) in [6, 6.07) is 7.08. The number of alkyl halides is 3. The van der Waals surface area contributed by atoms with E-state index in [-0.39, 0.29) is 11.7 Å². The molecular weight excluding hydrogens is 283 g/mol. The monoisotopic (exact) mass is 297 g/mol. The van der Waals surface area contributed by atoms with E-state index in [9.17, 15) is 13.2 Å². The molecule has 7 heteroatoms. The van der Waals surface area contributed by atoms with Gasteiger partial charge in [-0.05, 0) is 37.1 Å². The molecule has 3 N–H and O–H groups in total. The third kappa shape index (κ3) is 3.63. The number of rotatable bonds is 3. The van der Waals surface area contributed by atoms with Crippen molar-refractivity contribution in [2.75, 3.05) is 5.43 Å². The summed E-state index contributed by atoms with van der Waals surface area (Å²) in [5, 5.41) is 0. The van der Waals surface area contributed by atoms with Crippen molar-refractivity contribution in [3.8, 4) is 11.6 Å². The van der Waals surface area contributed by atoms with Gasteiger partial charge in [-0.15, -0.1) is 0 Å². The van der Waals surface area contributed by atoms with Gasteiger partial charge in [0, 0.05) is 6.07 Å². The van der Waals surface area contributed by atoms with E-state index >= 15 is 0 Å². The summed E-state index contributed by atoms with van der Waals surface area (Å²) in [6.45, 7) is 3.66. The summed E-state index contributed by atoms with van der Waals surface area (Å²) < 4.78 is 43.9. The molecule has 0 aliphatic carbocycles. The van der Waals surface area contributed by atoms with Crippen molar-refractivity contribution in [2.24, 2.45) is 5.84 Å². The number of halogens is 3. The highest BCUT2D eigenvalue weighted by Crippen LogP contribution is 2.34. The number of nitrogens with zero attached hydrogens (tertiary/aromatic N) is 1. The van der Waals surface area contributed by atoms with Crippen molar-refractivity contribution in [3.05, 3.63) is 47.0 Å². The van der Waals surface area contributed by atoms with Crippen LogP contribution in [-0.4, -0.2) is 4.98 Å². The lowest BCUT2D eigenvalue weighted by molar-refractivity contribution is -0.137. The van der Waals surface area contributed by atoms with E-state index in [0.29, 0.717) is 5.75 Å². The molecule has 21 heavy (non-hydrogen) atoms. The number of hydrogen-bond acceptors (Lipinski definition) is 4. The molecule has 2 aromatic rings. The second-order valence-electron chi connectivity index (χ2n) is 4.59. The summed E-state index contributed by atoms with van der Waals surface area (Å²) in [5.41, 5.74) is 2.94. The van der Waals surface area contributed by atoms with Crippen LogP contribution in [0.15, 0.2) is 30.3 Å². The smallest absolute Gasteiger partial charge is 0.416 e. The maximum atomic E-state index is 12.8. The van der Waals surface area contributed by atoms with Gasteiger partial charge in [0.15, 0.2) is 0 Å². The van der Waals surface area contributed by atoms with Gasteiger partial charge in [-0.1, -0.05) is 12.1 Å². The minimum atomic E-state index is -4.51. The van der Waals surface area contributed by atoms with E-state index in [1.165, 1.54) is 0 Å². The van der Waals surface area contributed by atoms with Crippen LogP contribution in [0.25, 0.3) is 0 Å². The quantitative estimate of drug-likeness (QED) is 0.668. The van der Waals surface area contributed by atoms with Gasteiger partial charge in [-0.3, -0.25) is 0 Å². The number of hydrogen-bond donors (Lipinski definition) is 2. The van der Waals surface area contributed by atoms with E-state index in [0.717, 1.165) is 23.3 Å². The van der Waals surface area contributed by atoms with Crippen LogP contribution in [0.4, 0.5) is 19.0 Å². The highest BCUT2D eigenvalue weighted by atomic mass is 19.4. The van der Waals surface area contributed by atoms with Crippen molar-refractivity contribution in [2.45, 2.75) is 20.0 Å². The molecule has 0 aliphatic rings. The average Bonchev–Trinajstić information content (AvgIpc) is 2.41. The largest absolute Gasteiger partial charge is 0.439 e. The number of anilines is 1. The van der Waals surface area contributed by atoms with Crippen LogP contribution >= 0.6 is 0 Å². The van der Waals surface area contributed by atoms with Crippen molar-refractivity contribution < 1.29 is 17.9 Å². The standard InChI is InChI=1S/C14H14F3N3O/c1-8-3-4-9(2)11(5-8)21-13-7-10(14(15,16)17)6-12(19-13)20-18/h3-7H,18H2,1-2H3,(H,19,20). The number of aryl methyl sites for hydroxylation is 2. The van der Waals surface area contributed by atoms with Gasteiger partial charge >= 0.3 is 6.18 Å². The van der Waals surface area contributed by atoms with E-state index in [2.05, 4.69) is 10.4 Å². The van der Waals surface area contributed by atoms with E-state index < -0.39 is 11.7 Å². The Kier molecular flexibility index (Phi) is 4.04. The second kappa shape index (κ2) is 5.61. The predicted octanol–water partition coefficient (Wildman–Crippen LogP) is 3.80. The minimum absolute atomic E-state index is 0.120. The molecule has 2 rings (SSSR count). The van der Waals surface area contributed by atoms with Gasteiger partial charge in [0.25, 0.3) is 0 Å². The molecule has 0 radical (unpaired) electrons. The second-order valence-corrected chi connectivity index (χ2v) is 4.59. The maximum absolute atomic E-state index is 12.8. The number of nitrogen functional groups attached to an aromatic ring is 1. The van der Waals surface area contributed by atoms with Crippen molar-refractivity contribution in [1.82, 2.24) is 4.98 Å². The zero-order valence-electron chi connectivity index (χ0n) is 11.5. The number of hydrazine groups is 1. The molecule has 0 saturated heterocycles. The average molecular weight is 297 g/mol. The molecule has 0 unspecified atom stereocenters. The van der Waals surface area contributed by atoms with Gasteiger partial charge in [0.2, 0.25) is 5.88 Å². The fourth-order valence-corrected chi connectivity index (χ4v) is 1.73. The van der Waals surface area contributed by atoms with Crippen molar-refractivity contribution in [1.29, 1.82) is 0 Å². The summed E-state index contributed by atoms with van der Waals surface area (Å²) in [6.07, 6.45) is -4.51. The fraction of sp³-hybridized carbons (Fsp3) is 0.214. The summed E-state index contributed by atoms with van der Waals surface area (Å²) in [4.78, 5) is 3.87. The first-order valence-electron chi connectivity index (χ1n) is 6.10. The van der Waals surface area contributed by atoms with Crippen LogP contribution in [0, 0.1) is 13.8 Å². The Morgan fingerprint density at radius 1 is 1.14 bits per heavy atom. The molecule has 0 fully saturated rings. The van der Waals surface area contributed by atoms with Crippen LogP contribution in [0.5, 0.6) is 11.6 Å². The van der Waals surface area contributed by atoms with Gasteiger partial charge in [-0.2, -0.15) is 18.2 Å². The lowest BCUT2D eigenvalue weighted by atomic mass is 10.1. The molecule has 112 valence electrons. The fourth-order valence-electron chi connectivity index (χ4n) is 1.73. The summed E-state index contributed by atoms with van der Waals surface area (Å²) in [5.74, 6) is 5.30. The predicted molar refractivity (Wildman–Crippen MR) is 73.0 cm³/mol. The van der Waals surface area contributed by atoms with Gasteiger partial charge in [0.1, 0.15) is 11.6 Å². The Morgan fingerprint density at radius 3 is 2.48 bits per heavy atom. The molecular formula is C14H14F3N3O. The Bertz CT molecular complexity index is 656. The first-order chi connectivity index (χ1) is 9.79. The Labute approximate surface area is 119 Å². The number of aromatic nitrogens is 1. The van der Waals surface area contributed by atoms with Crippen LogP contribution in [-0.2, 0) is 6.18 Å². The highest BCUT2D eigenvalue weighted by molar-refractivity contribution is 5.44. The summed E-state index contributed by atoms with van der Waals surface area (Å²) >= 11 is 0. The van der Waals surface area contributed by atoms with Crippen LogP contribution in [0.3, 0.4) is 0 Å². The van der Waals surface area contributed by atoms with E-state index in [1.54, 1.807) is 13.0 Å². The number of nitrogens with one attached hydrogen (secondary N) is 1. The third-order valence-corrected chi connectivity index (χ3v) is 2.84. The molecule has 0 bridgehead atoms. The third-order valence-electron chi connectivity index (χ3n) is 2.84. The molecule has 4 nitrogen and oxygen atoms in total. The number of benzene rings is 1. The SMILES string of the molecule is Cc1ccc(C)c(Oc2cc(C(F)(F)F)cc(NN)n2)c1. The van der Waals surface area contributed by atoms with Crippen LogP contribution in [0.2, 0.25) is 0 Å². The van der Waals surface area contributed by atoms with E-state index in [1.807, 2.05) is 19.1 Å². The first-order valence-corrected chi connectivity index (χ1v) is 6.10. The van der Waals surface area contributed by atoms with Crippen LogP contribution < -0.4 is 16.0 Å². The molecule has 0 spiro atoms. The molecule has 0 amide bonds. The lowest BCUT2D eigenvalue weighted by Crippen LogP contribution is -2.12. The summed E-state index contributed by atoms with van der Waals surface area (Å²) in [7, 11) is 0. The van der Waals surface area contributed by atoms with Gasteiger partial charge < -0.3 is 10.2 Å². The molecule has 1 aromatic carbocycles. The van der Waals surface area contributed by atoms with Crippen LogP contribution in [0.1, 0.15) is 16.7 Å². The number of ether oxygens (including phenoxy) is 1. The highest BCUT2D eigenvalue weighted by Gasteiger charge is 2.32. The Balaban J connectivity index is 2.42. The molecule has 1 aromatic heterocycles. The van der Waals surface area contributed by atoms with E-state index in [4.69, 9.17) is 10.6 Å². The maximum Gasteiger partial charge on any atom is 0.416 e.